The van der Waals surface area contributed by atoms with E-state index in [2.05, 4.69) is 20.6 Å². The average molecular weight is 483 g/mol. The number of benzene rings is 2. The average Bonchev–Trinajstić information content (AvgIpc) is 3.31. The molecule has 4 rings (SSSR count). The van der Waals surface area contributed by atoms with Gasteiger partial charge in [-0.15, -0.1) is 11.3 Å². The van der Waals surface area contributed by atoms with Crippen LogP contribution in [0.15, 0.2) is 72.9 Å². The number of nitrogens with zero attached hydrogens (tertiary/aromatic N) is 2. The van der Waals surface area contributed by atoms with Gasteiger partial charge in [0.15, 0.2) is 0 Å². The van der Waals surface area contributed by atoms with Gasteiger partial charge >= 0.3 is 0 Å². The zero-order chi connectivity index (χ0) is 22.3. The van der Waals surface area contributed by atoms with Crippen LogP contribution < -0.4 is 10.6 Å². The van der Waals surface area contributed by atoms with Crippen molar-refractivity contribution in [2.75, 3.05) is 11.9 Å². The van der Waals surface area contributed by atoms with E-state index >= 15 is 0 Å². The van der Waals surface area contributed by atoms with Gasteiger partial charge in [0.2, 0.25) is 5.95 Å². The first-order chi connectivity index (χ1) is 15.6. The van der Waals surface area contributed by atoms with Gasteiger partial charge in [-0.1, -0.05) is 59.6 Å². The zero-order valence-electron chi connectivity index (χ0n) is 17.0. The molecule has 0 spiro atoms. The number of hydrogen-bond acceptors (Lipinski definition) is 5. The first kappa shape index (κ1) is 22.3. The molecule has 1 amide bonds. The fourth-order valence-corrected chi connectivity index (χ4v) is 4.47. The largest absolute Gasteiger partial charge is 0.351 e. The Balaban J connectivity index is 1.35. The van der Waals surface area contributed by atoms with Crippen molar-refractivity contribution < 1.29 is 4.79 Å². The molecular formula is C24H20Cl2N4OS. The molecule has 0 saturated carbocycles. The molecule has 0 aliphatic carbocycles. The van der Waals surface area contributed by atoms with Crippen molar-refractivity contribution in [1.82, 2.24) is 15.3 Å². The number of anilines is 1. The third-order valence-corrected chi connectivity index (χ3v) is 6.42. The lowest BCUT2D eigenvalue weighted by Gasteiger charge is -2.06. The molecule has 32 heavy (non-hydrogen) atoms. The molecule has 0 radical (unpaired) electrons. The van der Waals surface area contributed by atoms with Crippen LogP contribution in [0.25, 0.3) is 10.6 Å². The minimum Gasteiger partial charge on any atom is -0.351 e. The van der Waals surface area contributed by atoms with Crippen molar-refractivity contribution in [1.29, 1.82) is 0 Å². The van der Waals surface area contributed by atoms with Crippen molar-refractivity contribution >= 4 is 46.4 Å². The van der Waals surface area contributed by atoms with Crippen LogP contribution in [0.1, 0.15) is 20.8 Å². The van der Waals surface area contributed by atoms with Gasteiger partial charge in [-0.3, -0.25) is 4.79 Å². The Hall–Kier alpha value is -2.93. The van der Waals surface area contributed by atoms with Gasteiger partial charge < -0.3 is 10.6 Å². The van der Waals surface area contributed by atoms with Gasteiger partial charge in [0.25, 0.3) is 5.91 Å². The Bertz CT molecular complexity index is 1210. The van der Waals surface area contributed by atoms with Crippen molar-refractivity contribution in [2.24, 2.45) is 0 Å². The minimum absolute atomic E-state index is 0.122. The Morgan fingerprint density at radius 3 is 2.66 bits per heavy atom. The van der Waals surface area contributed by atoms with E-state index in [9.17, 15) is 4.79 Å². The highest BCUT2D eigenvalue weighted by atomic mass is 35.5. The van der Waals surface area contributed by atoms with E-state index in [1.54, 1.807) is 18.3 Å². The van der Waals surface area contributed by atoms with Crippen LogP contribution in [0.5, 0.6) is 0 Å². The number of nitrogens with one attached hydrogen (secondary N) is 2. The van der Waals surface area contributed by atoms with Crippen LogP contribution in [0, 0.1) is 0 Å². The molecule has 2 heterocycles. The third kappa shape index (κ3) is 5.85. The molecule has 0 aliphatic heterocycles. The van der Waals surface area contributed by atoms with E-state index in [-0.39, 0.29) is 5.91 Å². The number of hydrogen-bond donors (Lipinski definition) is 2. The first-order valence-electron chi connectivity index (χ1n) is 10.0. The Kier molecular flexibility index (Phi) is 7.37. The van der Waals surface area contributed by atoms with Crippen molar-refractivity contribution in [3.05, 3.63) is 99.0 Å². The fourth-order valence-electron chi connectivity index (χ4n) is 3.08. The summed E-state index contributed by atoms with van der Waals surface area (Å²) >= 11 is 13.5. The van der Waals surface area contributed by atoms with E-state index in [4.69, 9.17) is 23.2 Å². The van der Waals surface area contributed by atoms with Crippen LogP contribution >= 0.6 is 34.5 Å². The quantitative estimate of drug-likeness (QED) is 0.318. The second-order valence-electron chi connectivity index (χ2n) is 7.01. The lowest BCUT2D eigenvalue weighted by atomic mass is 10.1. The lowest BCUT2D eigenvalue weighted by Crippen LogP contribution is -2.24. The predicted octanol–water partition coefficient (Wildman–Crippen LogP) is 6.10. The van der Waals surface area contributed by atoms with Gasteiger partial charge in [-0.2, -0.15) is 0 Å². The van der Waals surface area contributed by atoms with Crippen LogP contribution in [-0.2, 0) is 13.0 Å². The highest BCUT2D eigenvalue weighted by molar-refractivity contribution is 7.17. The van der Waals surface area contributed by atoms with Gasteiger partial charge in [0.05, 0.1) is 15.4 Å². The number of carbonyl (C=O) groups is 1. The van der Waals surface area contributed by atoms with E-state index in [0.29, 0.717) is 40.4 Å². The molecule has 0 fully saturated rings. The van der Waals surface area contributed by atoms with Crippen LogP contribution in [0.3, 0.4) is 0 Å². The van der Waals surface area contributed by atoms with E-state index in [1.165, 1.54) is 11.3 Å². The van der Waals surface area contributed by atoms with Crippen molar-refractivity contribution in [2.45, 2.75) is 13.0 Å². The summed E-state index contributed by atoms with van der Waals surface area (Å²) in [6.45, 7) is 1.12. The maximum absolute atomic E-state index is 12.5. The molecule has 2 aromatic carbocycles. The Morgan fingerprint density at radius 2 is 1.84 bits per heavy atom. The summed E-state index contributed by atoms with van der Waals surface area (Å²) in [5.74, 6) is 0.424. The van der Waals surface area contributed by atoms with Crippen LogP contribution in [-0.4, -0.2) is 22.4 Å². The lowest BCUT2D eigenvalue weighted by molar-refractivity contribution is 0.0958. The molecule has 2 N–H and O–H groups in total. The first-order valence-corrected chi connectivity index (χ1v) is 11.6. The maximum atomic E-state index is 12.5. The molecule has 0 aliphatic rings. The number of thiophene rings is 1. The number of aromatic nitrogens is 2. The molecule has 0 atom stereocenters. The molecule has 0 unspecified atom stereocenters. The molecule has 8 heteroatoms. The summed E-state index contributed by atoms with van der Waals surface area (Å²) < 4.78 is 0. The Morgan fingerprint density at radius 1 is 1.00 bits per heavy atom. The van der Waals surface area contributed by atoms with E-state index in [0.717, 1.165) is 21.7 Å². The smallest absolute Gasteiger partial charge is 0.261 e. The van der Waals surface area contributed by atoms with Crippen molar-refractivity contribution in [3.8, 4) is 10.6 Å². The summed E-state index contributed by atoms with van der Waals surface area (Å²) in [4.78, 5) is 22.9. The summed E-state index contributed by atoms with van der Waals surface area (Å²) in [5, 5.41) is 7.37. The second kappa shape index (κ2) is 10.6. The normalized spacial score (nSPS) is 10.7. The molecule has 2 aromatic heterocycles. The standard InChI is InChI=1S/C24H20Cl2N4OS/c25-18-7-6-17(19(26)14-18)10-12-27-23(31)22-9-8-21(32-22)20-11-13-28-24(30-20)29-15-16-4-2-1-3-5-16/h1-9,11,13-14H,10,12,15H2,(H,27,31)(H,28,29,30). The fraction of sp³-hybridized carbons (Fsp3) is 0.125. The SMILES string of the molecule is O=C(NCCc1ccc(Cl)cc1Cl)c1ccc(-c2ccnc(NCc3ccccc3)n2)s1. The Labute approximate surface area is 200 Å². The van der Waals surface area contributed by atoms with Gasteiger partial charge in [-0.25, -0.2) is 9.97 Å². The highest BCUT2D eigenvalue weighted by Gasteiger charge is 2.12. The predicted molar refractivity (Wildman–Crippen MR) is 132 cm³/mol. The minimum atomic E-state index is -0.122. The van der Waals surface area contributed by atoms with Crippen molar-refractivity contribution in [3.63, 3.8) is 0 Å². The topological polar surface area (TPSA) is 66.9 Å². The zero-order valence-corrected chi connectivity index (χ0v) is 19.3. The highest BCUT2D eigenvalue weighted by Crippen LogP contribution is 2.27. The monoisotopic (exact) mass is 482 g/mol. The third-order valence-electron chi connectivity index (χ3n) is 4.73. The van der Waals surface area contributed by atoms with Crippen LogP contribution in [0.4, 0.5) is 5.95 Å². The molecule has 0 bridgehead atoms. The molecule has 5 nitrogen and oxygen atoms in total. The summed E-state index contributed by atoms with van der Waals surface area (Å²) in [7, 11) is 0. The second-order valence-corrected chi connectivity index (χ2v) is 8.94. The summed E-state index contributed by atoms with van der Waals surface area (Å²) in [6.07, 6.45) is 2.34. The van der Waals surface area contributed by atoms with Gasteiger partial charge in [-0.05, 0) is 47.9 Å². The summed E-state index contributed by atoms with van der Waals surface area (Å²) in [6, 6.07) is 21.0. The van der Waals surface area contributed by atoms with Gasteiger partial charge in [0, 0.05) is 29.3 Å². The number of halogens is 2. The molecule has 162 valence electrons. The van der Waals surface area contributed by atoms with Gasteiger partial charge in [0.1, 0.15) is 0 Å². The maximum Gasteiger partial charge on any atom is 0.261 e. The molecule has 4 aromatic rings. The number of rotatable bonds is 8. The van der Waals surface area contributed by atoms with E-state index in [1.807, 2.05) is 54.6 Å². The molecule has 0 saturated heterocycles. The summed E-state index contributed by atoms with van der Waals surface area (Å²) in [5.41, 5.74) is 2.86. The number of amides is 1. The van der Waals surface area contributed by atoms with Crippen LogP contribution in [0.2, 0.25) is 10.0 Å². The molecular weight excluding hydrogens is 463 g/mol. The van der Waals surface area contributed by atoms with E-state index < -0.39 is 0 Å². The number of carbonyl (C=O) groups excluding carboxylic acids is 1.